The van der Waals surface area contributed by atoms with Gasteiger partial charge in [-0.25, -0.2) is 0 Å². The van der Waals surface area contributed by atoms with E-state index >= 15 is 0 Å². The Hall–Kier alpha value is -2.34. The zero-order valence-electron chi connectivity index (χ0n) is 11.6. The number of nitrogens with one attached hydrogen (secondary N) is 1. The van der Waals surface area contributed by atoms with Crippen LogP contribution in [0.5, 0.6) is 0 Å². The lowest BCUT2D eigenvalue weighted by Crippen LogP contribution is -2.13. The molecule has 110 valence electrons. The smallest absolute Gasteiger partial charge is 0.270 e. The Balaban J connectivity index is 1.85. The average Bonchev–Trinajstić information content (AvgIpc) is 2.77. The Morgan fingerprint density at radius 1 is 1.48 bits per heavy atom. The molecule has 1 N–H and O–H groups in total. The Morgan fingerprint density at radius 2 is 2.24 bits per heavy atom. The molecule has 1 aromatic carbocycles. The van der Waals surface area contributed by atoms with Crippen LogP contribution in [0.2, 0.25) is 5.02 Å². The predicted octanol–water partition coefficient (Wildman–Crippen LogP) is 3.09. The van der Waals surface area contributed by atoms with Crippen molar-refractivity contribution in [1.29, 1.82) is 0 Å². The number of benzene rings is 1. The Morgan fingerprint density at radius 3 is 2.90 bits per heavy atom. The van der Waals surface area contributed by atoms with Gasteiger partial charge in [0.05, 0.1) is 22.0 Å². The van der Waals surface area contributed by atoms with Gasteiger partial charge in [-0.2, -0.15) is 0 Å². The number of carbonyl (C=O) groups is 1. The highest BCUT2D eigenvalue weighted by molar-refractivity contribution is 6.36. The summed E-state index contributed by atoms with van der Waals surface area (Å²) in [7, 11) is 0. The van der Waals surface area contributed by atoms with Gasteiger partial charge in [0, 0.05) is 0 Å². The highest BCUT2D eigenvalue weighted by atomic mass is 35.5. The van der Waals surface area contributed by atoms with Crippen LogP contribution in [0.1, 0.15) is 17.0 Å². The number of halogens is 1. The number of hydrogen-bond acceptors (Lipinski definition) is 5. The lowest BCUT2D eigenvalue weighted by Gasteiger charge is -2.03. The minimum atomic E-state index is -0.429. The normalized spacial score (nSPS) is 10.8. The molecule has 21 heavy (non-hydrogen) atoms. The van der Waals surface area contributed by atoms with Gasteiger partial charge in [-0.05, 0) is 26.0 Å². The molecule has 1 aromatic heterocycles. The number of oxime groups is 1. The van der Waals surface area contributed by atoms with E-state index in [-0.39, 0.29) is 6.61 Å². The summed E-state index contributed by atoms with van der Waals surface area (Å²) >= 11 is 5.92. The van der Waals surface area contributed by atoms with E-state index in [0.717, 1.165) is 17.5 Å². The molecule has 1 amide bonds. The van der Waals surface area contributed by atoms with Gasteiger partial charge in [-0.15, -0.1) is 0 Å². The fourth-order valence-electron chi connectivity index (χ4n) is 1.62. The predicted molar refractivity (Wildman–Crippen MR) is 79.3 cm³/mol. The van der Waals surface area contributed by atoms with Gasteiger partial charge in [-0.3, -0.25) is 4.79 Å². The summed E-state index contributed by atoms with van der Waals surface area (Å²) in [5, 5.41) is 10.4. The van der Waals surface area contributed by atoms with Gasteiger partial charge in [0.1, 0.15) is 18.6 Å². The Kier molecular flexibility index (Phi) is 4.94. The Bertz CT molecular complexity index is 648. The van der Waals surface area contributed by atoms with E-state index in [1.807, 2.05) is 6.92 Å². The molecule has 0 bridgehead atoms. The molecule has 0 saturated carbocycles. The molecule has 0 spiro atoms. The maximum atomic E-state index is 11.6. The summed E-state index contributed by atoms with van der Waals surface area (Å²) in [5.41, 5.74) is 2.07. The van der Waals surface area contributed by atoms with Crippen LogP contribution in [0.25, 0.3) is 0 Å². The summed E-state index contributed by atoms with van der Waals surface area (Å²) < 4.78 is 4.99. The molecule has 0 radical (unpaired) electrons. The van der Waals surface area contributed by atoms with Crippen LogP contribution in [0.4, 0.5) is 5.69 Å². The molecule has 0 atom stereocenters. The van der Waals surface area contributed by atoms with E-state index in [0.29, 0.717) is 16.5 Å². The number of hydrogen-bond donors (Lipinski definition) is 1. The third-order valence-electron chi connectivity index (χ3n) is 2.77. The molecule has 7 heteroatoms. The molecular weight excluding hydrogens is 294 g/mol. The van der Waals surface area contributed by atoms with E-state index in [1.54, 1.807) is 31.2 Å². The molecule has 1 heterocycles. The molecule has 0 unspecified atom stereocenters. The molecule has 2 rings (SSSR count). The van der Waals surface area contributed by atoms with Crippen LogP contribution in [-0.4, -0.2) is 17.3 Å². The number of para-hydroxylation sites is 1. The van der Waals surface area contributed by atoms with Crippen molar-refractivity contribution in [3.8, 4) is 0 Å². The van der Waals surface area contributed by atoms with E-state index in [4.69, 9.17) is 21.0 Å². The fourth-order valence-corrected chi connectivity index (χ4v) is 1.81. The summed E-state index contributed by atoms with van der Waals surface area (Å²) in [4.78, 5) is 16.7. The first-order valence-electron chi connectivity index (χ1n) is 6.20. The summed E-state index contributed by atoms with van der Waals surface area (Å²) in [5.74, 6) is 0.241. The van der Waals surface area contributed by atoms with E-state index in [2.05, 4.69) is 15.6 Å². The Labute approximate surface area is 126 Å². The first kappa shape index (κ1) is 15.1. The minimum absolute atomic E-state index is 0.192. The maximum absolute atomic E-state index is 11.6. The second-order valence-electron chi connectivity index (χ2n) is 4.28. The van der Waals surface area contributed by atoms with E-state index in [9.17, 15) is 4.79 Å². The van der Waals surface area contributed by atoms with Crippen molar-refractivity contribution in [2.75, 3.05) is 5.32 Å². The minimum Gasteiger partial charge on any atom is -0.391 e. The van der Waals surface area contributed by atoms with Crippen LogP contribution in [0, 0.1) is 13.8 Å². The van der Waals surface area contributed by atoms with Crippen LogP contribution in [0.15, 0.2) is 33.9 Å². The summed E-state index contributed by atoms with van der Waals surface area (Å²) in [6.07, 6.45) is 1.04. The van der Waals surface area contributed by atoms with Crippen LogP contribution in [0.3, 0.4) is 0 Å². The molecule has 2 aromatic rings. The molecule has 0 fully saturated rings. The summed E-state index contributed by atoms with van der Waals surface area (Å²) in [6.45, 7) is 3.78. The quantitative estimate of drug-likeness (QED) is 0.680. The van der Waals surface area contributed by atoms with Crippen molar-refractivity contribution in [3.63, 3.8) is 0 Å². The molecule has 6 nitrogen and oxygen atoms in total. The first-order chi connectivity index (χ1) is 10.1. The fraction of sp³-hybridized carbons (Fsp3) is 0.214. The third-order valence-corrected chi connectivity index (χ3v) is 3.10. The first-order valence-corrected chi connectivity index (χ1v) is 6.58. The van der Waals surface area contributed by atoms with Gasteiger partial charge < -0.3 is 14.7 Å². The number of carbonyl (C=O) groups excluding carboxylic acids is 1. The zero-order chi connectivity index (χ0) is 15.2. The number of rotatable bonds is 5. The zero-order valence-corrected chi connectivity index (χ0v) is 12.3. The van der Waals surface area contributed by atoms with Crippen molar-refractivity contribution in [2.45, 2.75) is 20.5 Å². The van der Waals surface area contributed by atoms with Crippen LogP contribution in [-0.2, 0) is 16.2 Å². The largest absolute Gasteiger partial charge is 0.391 e. The van der Waals surface area contributed by atoms with Crippen molar-refractivity contribution >= 4 is 29.4 Å². The highest BCUT2D eigenvalue weighted by Crippen LogP contribution is 2.20. The lowest BCUT2D eigenvalue weighted by atomic mass is 10.2. The number of aryl methyl sites for hydroxylation is 2. The molecule has 0 aliphatic heterocycles. The average molecular weight is 308 g/mol. The van der Waals surface area contributed by atoms with Gasteiger partial charge in [0.2, 0.25) is 0 Å². The standard InChI is InChI=1S/C14H14ClN3O3/c1-9-11(10(2)21-18-9)8-20-16-7-14(19)17-13-6-4-3-5-12(13)15/h3-7H,8H2,1-2H3,(H,17,19)/b16-7+. The number of anilines is 1. The molecule has 0 aliphatic carbocycles. The third kappa shape index (κ3) is 4.06. The molecular formula is C14H14ClN3O3. The van der Waals surface area contributed by atoms with Crippen molar-refractivity contribution in [2.24, 2.45) is 5.16 Å². The SMILES string of the molecule is Cc1noc(C)c1CO/N=C/C(=O)Nc1ccccc1Cl. The summed E-state index contributed by atoms with van der Waals surface area (Å²) in [6, 6.07) is 6.92. The van der Waals surface area contributed by atoms with E-state index in [1.165, 1.54) is 0 Å². The monoisotopic (exact) mass is 307 g/mol. The van der Waals surface area contributed by atoms with Crippen molar-refractivity contribution in [3.05, 3.63) is 46.3 Å². The van der Waals surface area contributed by atoms with Crippen LogP contribution < -0.4 is 5.32 Å². The highest BCUT2D eigenvalue weighted by Gasteiger charge is 2.09. The maximum Gasteiger partial charge on any atom is 0.270 e. The van der Waals surface area contributed by atoms with Gasteiger partial charge >= 0.3 is 0 Å². The van der Waals surface area contributed by atoms with Gasteiger partial charge in [0.15, 0.2) is 0 Å². The molecule has 0 saturated heterocycles. The number of aromatic nitrogens is 1. The van der Waals surface area contributed by atoms with E-state index < -0.39 is 5.91 Å². The number of nitrogens with zero attached hydrogens (tertiary/aromatic N) is 2. The lowest BCUT2D eigenvalue weighted by molar-refractivity contribution is -0.110. The van der Waals surface area contributed by atoms with Crippen molar-refractivity contribution < 1.29 is 14.2 Å². The topological polar surface area (TPSA) is 76.7 Å². The van der Waals surface area contributed by atoms with Gasteiger partial charge in [0.25, 0.3) is 5.91 Å². The van der Waals surface area contributed by atoms with Crippen LogP contribution >= 0.6 is 11.6 Å². The van der Waals surface area contributed by atoms with Gasteiger partial charge in [-0.1, -0.05) is 34.0 Å². The second kappa shape index (κ2) is 6.90. The van der Waals surface area contributed by atoms with Crippen molar-refractivity contribution in [1.82, 2.24) is 5.16 Å². The number of amides is 1. The molecule has 0 aliphatic rings. The second-order valence-corrected chi connectivity index (χ2v) is 4.69.